The highest BCUT2D eigenvalue weighted by Gasteiger charge is 2.20. The molecule has 1 N–H and O–H groups in total. The van der Waals surface area contributed by atoms with Crippen molar-refractivity contribution in [3.05, 3.63) is 35.9 Å². The maximum atomic E-state index is 10.7. The second-order valence-corrected chi connectivity index (χ2v) is 6.15. The van der Waals surface area contributed by atoms with E-state index >= 15 is 0 Å². The van der Waals surface area contributed by atoms with E-state index in [9.17, 15) is 4.79 Å². The quantitative estimate of drug-likeness (QED) is 0.849. The summed E-state index contributed by atoms with van der Waals surface area (Å²) in [5.41, 5.74) is 2.14. The Labute approximate surface area is 127 Å². The van der Waals surface area contributed by atoms with E-state index in [-0.39, 0.29) is 0 Å². The fourth-order valence-electron chi connectivity index (χ4n) is 3.11. The fourth-order valence-corrected chi connectivity index (χ4v) is 3.11. The third-order valence-corrected chi connectivity index (χ3v) is 4.40. The van der Waals surface area contributed by atoms with E-state index in [1.165, 1.54) is 25.3 Å². The molecule has 0 aromatic heterocycles. The number of carbonyl (C=O) groups is 1. The summed E-state index contributed by atoms with van der Waals surface area (Å²) in [6.07, 6.45) is 6.63. The molecule has 1 aromatic rings. The van der Waals surface area contributed by atoms with Gasteiger partial charge in [-0.1, -0.05) is 32.0 Å². The topological polar surface area (TPSA) is 40.5 Å². The molecule has 0 radical (unpaired) electrons. The molecule has 2 rings (SSSR count). The SMILES string of the molecule is CC(C)C1CCCN(c2ccccc2C=CC(=O)O)CC1. The smallest absolute Gasteiger partial charge is 0.328 e. The molecular weight excluding hydrogens is 262 g/mol. The third kappa shape index (κ3) is 4.35. The number of aliphatic carboxylic acids is 1. The van der Waals surface area contributed by atoms with Crippen LogP contribution in [0.1, 0.15) is 38.7 Å². The van der Waals surface area contributed by atoms with Gasteiger partial charge in [-0.25, -0.2) is 4.79 Å². The number of carboxylic acids is 1. The van der Waals surface area contributed by atoms with E-state index in [0.717, 1.165) is 36.2 Å². The van der Waals surface area contributed by atoms with Crippen LogP contribution in [0.15, 0.2) is 30.3 Å². The maximum Gasteiger partial charge on any atom is 0.328 e. The Morgan fingerprint density at radius 1 is 1.29 bits per heavy atom. The first kappa shape index (κ1) is 15.6. The van der Waals surface area contributed by atoms with Gasteiger partial charge in [0.15, 0.2) is 0 Å². The minimum Gasteiger partial charge on any atom is -0.478 e. The number of hydrogen-bond acceptors (Lipinski definition) is 2. The number of benzene rings is 1. The molecule has 3 nitrogen and oxygen atoms in total. The van der Waals surface area contributed by atoms with Crippen LogP contribution in [0, 0.1) is 11.8 Å². The number of para-hydroxylation sites is 1. The van der Waals surface area contributed by atoms with Crippen molar-refractivity contribution in [1.29, 1.82) is 0 Å². The lowest BCUT2D eigenvalue weighted by Crippen LogP contribution is -2.25. The van der Waals surface area contributed by atoms with Gasteiger partial charge in [-0.15, -0.1) is 0 Å². The summed E-state index contributed by atoms with van der Waals surface area (Å²) >= 11 is 0. The van der Waals surface area contributed by atoms with Gasteiger partial charge < -0.3 is 10.0 Å². The zero-order valence-corrected chi connectivity index (χ0v) is 13.0. The van der Waals surface area contributed by atoms with Crippen molar-refractivity contribution in [3.8, 4) is 0 Å². The molecule has 3 heteroatoms. The van der Waals surface area contributed by atoms with Crippen molar-refractivity contribution >= 4 is 17.7 Å². The largest absolute Gasteiger partial charge is 0.478 e. The summed E-state index contributed by atoms with van der Waals surface area (Å²) in [6.45, 7) is 6.73. The summed E-state index contributed by atoms with van der Waals surface area (Å²) in [4.78, 5) is 13.1. The van der Waals surface area contributed by atoms with Crippen LogP contribution < -0.4 is 4.90 Å². The summed E-state index contributed by atoms with van der Waals surface area (Å²) in [5.74, 6) is 0.643. The van der Waals surface area contributed by atoms with Crippen molar-refractivity contribution < 1.29 is 9.90 Å². The van der Waals surface area contributed by atoms with Crippen molar-refractivity contribution in [2.45, 2.75) is 33.1 Å². The minimum absolute atomic E-state index is 0.743. The van der Waals surface area contributed by atoms with Crippen LogP contribution in [-0.4, -0.2) is 24.2 Å². The van der Waals surface area contributed by atoms with Crippen LogP contribution in [0.4, 0.5) is 5.69 Å². The molecule has 1 fully saturated rings. The molecule has 0 bridgehead atoms. The second kappa shape index (κ2) is 7.30. The minimum atomic E-state index is -0.902. The van der Waals surface area contributed by atoms with Gasteiger partial charge in [0.2, 0.25) is 0 Å². The molecule has 0 saturated carbocycles. The van der Waals surface area contributed by atoms with Crippen LogP contribution in [0.3, 0.4) is 0 Å². The van der Waals surface area contributed by atoms with Gasteiger partial charge in [0, 0.05) is 24.9 Å². The molecular formula is C18H25NO2. The highest BCUT2D eigenvalue weighted by molar-refractivity contribution is 5.87. The lowest BCUT2D eigenvalue weighted by molar-refractivity contribution is -0.131. The van der Waals surface area contributed by atoms with Gasteiger partial charge in [-0.3, -0.25) is 0 Å². The highest BCUT2D eigenvalue weighted by Crippen LogP contribution is 2.29. The van der Waals surface area contributed by atoms with Crippen LogP contribution in [0.2, 0.25) is 0 Å². The lowest BCUT2D eigenvalue weighted by Gasteiger charge is -2.25. The molecule has 0 amide bonds. The molecule has 0 spiro atoms. The van der Waals surface area contributed by atoms with Gasteiger partial charge in [0.05, 0.1) is 0 Å². The summed E-state index contributed by atoms with van der Waals surface area (Å²) in [6, 6.07) is 8.06. The first-order valence-electron chi connectivity index (χ1n) is 7.83. The third-order valence-electron chi connectivity index (χ3n) is 4.40. The number of nitrogens with zero attached hydrogens (tertiary/aromatic N) is 1. The van der Waals surface area contributed by atoms with E-state index < -0.39 is 5.97 Å². The van der Waals surface area contributed by atoms with E-state index in [0.29, 0.717) is 0 Å². The first-order valence-corrected chi connectivity index (χ1v) is 7.83. The zero-order valence-electron chi connectivity index (χ0n) is 13.0. The number of hydrogen-bond donors (Lipinski definition) is 1. The Morgan fingerprint density at radius 3 is 2.76 bits per heavy atom. The molecule has 1 aliphatic rings. The van der Waals surface area contributed by atoms with E-state index in [2.05, 4.69) is 24.8 Å². The van der Waals surface area contributed by atoms with E-state index in [1.807, 2.05) is 18.2 Å². The Hall–Kier alpha value is -1.77. The molecule has 1 aromatic carbocycles. The van der Waals surface area contributed by atoms with Crippen LogP contribution in [0.25, 0.3) is 6.08 Å². The summed E-state index contributed by atoms with van der Waals surface area (Å²) < 4.78 is 0. The number of rotatable bonds is 4. The van der Waals surface area contributed by atoms with Crippen LogP contribution >= 0.6 is 0 Å². The average Bonchev–Trinajstić information content (AvgIpc) is 2.71. The van der Waals surface area contributed by atoms with Crippen molar-refractivity contribution in [2.24, 2.45) is 11.8 Å². The Morgan fingerprint density at radius 2 is 2.05 bits per heavy atom. The van der Waals surface area contributed by atoms with Crippen molar-refractivity contribution in [1.82, 2.24) is 0 Å². The molecule has 1 saturated heterocycles. The maximum absolute atomic E-state index is 10.7. The molecule has 1 aliphatic heterocycles. The Bertz CT molecular complexity index is 508. The number of carboxylic acid groups (broad SMARTS) is 1. The second-order valence-electron chi connectivity index (χ2n) is 6.15. The first-order chi connectivity index (χ1) is 10.1. The Kier molecular flexibility index (Phi) is 5.43. The number of anilines is 1. The predicted octanol–water partition coefficient (Wildman–Crippen LogP) is 4.05. The molecule has 0 aliphatic carbocycles. The van der Waals surface area contributed by atoms with Gasteiger partial charge in [-0.2, -0.15) is 0 Å². The van der Waals surface area contributed by atoms with Gasteiger partial charge in [-0.05, 0) is 48.8 Å². The van der Waals surface area contributed by atoms with Crippen LogP contribution in [0.5, 0.6) is 0 Å². The summed E-state index contributed by atoms with van der Waals surface area (Å²) in [7, 11) is 0. The monoisotopic (exact) mass is 287 g/mol. The zero-order chi connectivity index (χ0) is 15.2. The normalized spacial score (nSPS) is 20.0. The van der Waals surface area contributed by atoms with Gasteiger partial charge >= 0.3 is 5.97 Å². The molecule has 1 unspecified atom stereocenters. The van der Waals surface area contributed by atoms with Crippen molar-refractivity contribution in [2.75, 3.05) is 18.0 Å². The molecule has 1 atom stereocenters. The van der Waals surface area contributed by atoms with E-state index in [4.69, 9.17) is 5.11 Å². The van der Waals surface area contributed by atoms with Crippen molar-refractivity contribution in [3.63, 3.8) is 0 Å². The molecule has 1 heterocycles. The highest BCUT2D eigenvalue weighted by atomic mass is 16.4. The predicted molar refractivity (Wildman–Crippen MR) is 87.5 cm³/mol. The average molecular weight is 287 g/mol. The van der Waals surface area contributed by atoms with Crippen LogP contribution in [-0.2, 0) is 4.79 Å². The standard InChI is InChI=1S/C18H25NO2/c1-14(2)15-7-5-12-19(13-11-15)17-8-4-3-6-16(17)9-10-18(20)21/h3-4,6,8-10,14-15H,5,7,11-13H2,1-2H3,(H,20,21). The summed E-state index contributed by atoms with van der Waals surface area (Å²) in [5, 5.41) is 8.82. The Balaban J connectivity index is 2.16. The van der Waals surface area contributed by atoms with Gasteiger partial charge in [0.1, 0.15) is 0 Å². The molecule has 114 valence electrons. The lowest BCUT2D eigenvalue weighted by atomic mass is 9.89. The van der Waals surface area contributed by atoms with E-state index in [1.54, 1.807) is 6.08 Å². The van der Waals surface area contributed by atoms with Gasteiger partial charge in [0.25, 0.3) is 0 Å². The fraction of sp³-hybridized carbons (Fsp3) is 0.500. The molecule has 21 heavy (non-hydrogen) atoms.